The van der Waals surface area contributed by atoms with Crippen molar-refractivity contribution >= 4 is 0 Å². The first kappa shape index (κ1) is 14.3. The lowest BCUT2D eigenvalue weighted by atomic mass is 9.93. The number of ether oxygens (including phenoxy) is 1. The van der Waals surface area contributed by atoms with Crippen molar-refractivity contribution in [1.29, 1.82) is 0 Å². The quantitative estimate of drug-likeness (QED) is 0.645. The Morgan fingerprint density at radius 3 is 2.00 bits per heavy atom. The van der Waals surface area contributed by atoms with Gasteiger partial charge in [0.05, 0.1) is 0 Å². The standard InChI is InChI=1S/C15H28O3/c1-3-5-10-14(11-6-4-2)16-15(18-17-14)12-8-7-9-13-15/h3-13H2,1-2H3. The molecular formula is C15H28O3. The van der Waals surface area contributed by atoms with Crippen LogP contribution in [0.25, 0.3) is 0 Å². The zero-order valence-corrected chi connectivity index (χ0v) is 12.0. The lowest BCUT2D eigenvalue weighted by molar-refractivity contribution is -0.356. The van der Waals surface area contributed by atoms with Crippen molar-refractivity contribution in [2.75, 3.05) is 0 Å². The third kappa shape index (κ3) is 3.25. The van der Waals surface area contributed by atoms with Gasteiger partial charge in [-0.2, -0.15) is 9.78 Å². The maximum atomic E-state index is 6.34. The second kappa shape index (κ2) is 6.36. The lowest BCUT2D eigenvalue weighted by Gasteiger charge is -2.32. The Labute approximate surface area is 111 Å². The van der Waals surface area contributed by atoms with Crippen LogP contribution in [0.15, 0.2) is 0 Å². The molecule has 18 heavy (non-hydrogen) atoms. The minimum atomic E-state index is -0.455. The van der Waals surface area contributed by atoms with E-state index in [2.05, 4.69) is 13.8 Å². The van der Waals surface area contributed by atoms with E-state index >= 15 is 0 Å². The van der Waals surface area contributed by atoms with E-state index in [1.807, 2.05) is 0 Å². The molecular weight excluding hydrogens is 228 g/mol. The maximum Gasteiger partial charge on any atom is 0.204 e. The molecule has 0 N–H and O–H groups in total. The third-order valence-corrected chi connectivity index (χ3v) is 4.16. The van der Waals surface area contributed by atoms with Crippen molar-refractivity contribution in [3.8, 4) is 0 Å². The molecule has 0 atom stereocenters. The molecule has 0 aromatic heterocycles. The topological polar surface area (TPSA) is 27.7 Å². The predicted molar refractivity (Wildman–Crippen MR) is 70.9 cm³/mol. The summed E-state index contributed by atoms with van der Waals surface area (Å²) in [4.78, 5) is 11.4. The van der Waals surface area contributed by atoms with Gasteiger partial charge in [0, 0.05) is 25.7 Å². The summed E-state index contributed by atoms with van der Waals surface area (Å²) in [6.07, 6.45) is 12.2. The first-order valence-electron chi connectivity index (χ1n) is 7.81. The molecule has 1 saturated carbocycles. The summed E-state index contributed by atoms with van der Waals surface area (Å²) in [5, 5.41) is 0. The van der Waals surface area contributed by atoms with Gasteiger partial charge in [0.15, 0.2) is 0 Å². The second-order valence-electron chi connectivity index (χ2n) is 5.86. The second-order valence-corrected chi connectivity index (χ2v) is 5.86. The van der Waals surface area contributed by atoms with Crippen LogP contribution in [-0.2, 0) is 14.5 Å². The fourth-order valence-electron chi connectivity index (χ4n) is 3.00. The fourth-order valence-corrected chi connectivity index (χ4v) is 3.00. The van der Waals surface area contributed by atoms with Crippen LogP contribution in [0.4, 0.5) is 0 Å². The van der Waals surface area contributed by atoms with Gasteiger partial charge in [-0.1, -0.05) is 33.1 Å². The molecule has 3 nitrogen and oxygen atoms in total. The molecule has 1 heterocycles. The number of rotatable bonds is 6. The van der Waals surface area contributed by atoms with E-state index in [9.17, 15) is 0 Å². The number of unbranched alkanes of at least 4 members (excludes halogenated alkanes) is 2. The van der Waals surface area contributed by atoms with Crippen molar-refractivity contribution in [1.82, 2.24) is 0 Å². The fraction of sp³-hybridized carbons (Fsp3) is 1.00. The summed E-state index contributed by atoms with van der Waals surface area (Å²) in [5.41, 5.74) is 0. The summed E-state index contributed by atoms with van der Waals surface area (Å²) in [6.45, 7) is 4.42. The summed E-state index contributed by atoms with van der Waals surface area (Å²) >= 11 is 0. The molecule has 1 aliphatic heterocycles. The van der Waals surface area contributed by atoms with E-state index in [4.69, 9.17) is 14.5 Å². The number of hydrogen-bond acceptors (Lipinski definition) is 3. The molecule has 2 rings (SSSR count). The highest BCUT2D eigenvalue weighted by molar-refractivity contribution is 4.83. The van der Waals surface area contributed by atoms with Crippen molar-refractivity contribution in [3.63, 3.8) is 0 Å². The van der Waals surface area contributed by atoms with E-state index in [1.165, 1.54) is 32.1 Å². The van der Waals surface area contributed by atoms with E-state index in [-0.39, 0.29) is 0 Å². The smallest absolute Gasteiger partial charge is 0.204 e. The SMILES string of the molecule is CCCCC1(CCCC)OOC2(CCCCC2)O1. The molecule has 0 aromatic carbocycles. The molecule has 0 aromatic rings. The summed E-state index contributed by atoms with van der Waals surface area (Å²) in [5.74, 6) is -0.872. The van der Waals surface area contributed by atoms with Crippen LogP contribution in [0.5, 0.6) is 0 Å². The van der Waals surface area contributed by atoms with Crippen molar-refractivity contribution in [3.05, 3.63) is 0 Å². The van der Waals surface area contributed by atoms with E-state index in [0.29, 0.717) is 0 Å². The average molecular weight is 256 g/mol. The van der Waals surface area contributed by atoms with Gasteiger partial charge in [-0.05, 0) is 25.7 Å². The van der Waals surface area contributed by atoms with Crippen LogP contribution in [0, 0.1) is 0 Å². The minimum Gasteiger partial charge on any atom is -0.312 e. The largest absolute Gasteiger partial charge is 0.312 e. The molecule has 1 spiro atoms. The van der Waals surface area contributed by atoms with Gasteiger partial charge < -0.3 is 4.74 Å². The van der Waals surface area contributed by atoms with Gasteiger partial charge in [-0.3, -0.25) is 0 Å². The molecule has 1 saturated heterocycles. The molecule has 106 valence electrons. The predicted octanol–water partition coefficient (Wildman–Crippen LogP) is 4.70. The molecule has 0 bridgehead atoms. The summed E-state index contributed by atoms with van der Waals surface area (Å²) < 4.78 is 6.34. The number of hydrogen-bond donors (Lipinski definition) is 0. The highest BCUT2D eigenvalue weighted by Crippen LogP contribution is 2.46. The first-order valence-corrected chi connectivity index (χ1v) is 7.81. The van der Waals surface area contributed by atoms with Gasteiger partial charge >= 0.3 is 0 Å². The van der Waals surface area contributed by atoms with Crippen LogP contribution in [-0.4, -0.2) is 11.6 Å². The van der Waals surface area contributed by atoms with E-state index in [0.717, 1.165) is 38.5 Å². The Kier molecular flexibility index (Phi) is 5.05. The van der Waals surface area contributed by atoms with Gasteiger partial charge in [0.2, 0.25) is 11.6 Å². The van der Waals surface area contributed by atoms with Crippen LogP contribution in [0.3, 0.4) is 0 Å². The van der Waals surface area contributed by atoms with Gasteiger partial charge in [-0.15, -0.1) is 0 Å². The minimum absolute atomic E-state index is 0.417. The molecule has 3 heteroatoms. The average Bonchev–Trinajstić information content (AvgIpc) is 2.75. The molecule has 2 fully saturated rings. The Morgan fingerprint density at radius 2 is 1.44 bits per heavy atom. The zero-order chi connectivity index (χ0) is 12.9. The Morgan fingerprint density at radius 1 is 0.833 bits per heavy atom. The Hall–Kier alpha value is -0.120. The Balaban J connectivity index is 1.97. The monoisotopic (exact) mass is 256 g/mol. The zero-order valence-electron chi connectivity index (χ0n) is 12.0. The van der Waals surface area contributed by atoms with Crippen molar-refractivity contribution in [2.24, 2.45) is 0 Å². The summed E-state index contributed by atoms with van der Waals surface area (Å²) in [7, 11) is 0. The van der Waals surface area contributed by atoms with Crippen LogP contribution in [0.2, 0.25) is 0 Å². The van der Waals surface area contributed by atoms with E-state index < -0.39 is 11.6 Å². The highest BCUT2D eigenvalue weighted by Gasteiger charge is 2.52. The normalized spacial score (nSPS) is 25.7. The van der Waals surface area contributed by atoms with Crippen molar-refractivity contribution in [2.45, 2.75) is 96.1 Å². The highest BCUT2D eigenvalue weighted by atomic mass is 17.3. The van der Waals surface area contributed by atoms with Gasteiger partial charge in [0.1, 0.15) is 0 Å². The van der Waals surface area contributed by atoms with Gasteiger partial charge in [0.25, 0.3) is 0 Å². The molecule has 1 aliphatic carbocycles. The van der Waals surface area contributed by atoms with Crippen LogP contribution < -0.4 is 0 Å². The molecule has 0 unspecified atom stereocenters. The first-order chi connectivity index (χ1) is 8.74. The maximum absolute atomic E-state index is 6.34. The Bertz CT molecular complexity index is 238. The molecule has 2 aliphatic rings. The molecule has 0 radical (unpaired) electrons. The van der Waals surface area contributed by atoms with Crippen LogP contribution >= 0.6 is 0 Å². The van der Waals surface area contributed by atoms with Crippen molar-refractivity contribution < 1.29 is 14.5 Å². The van der Waals surface area contributed by atoms with E-state index in [1.54, 1.807) is 0 Å². The van der Waals surface area contributed by atoms with Gasteiger partial charge in [-0.25, -0.2) is 0 Å². The lowest BCUT2D eigenvalue weighted by Crippen LogP contribution is -2.38. The summed E-state index contributed by atoms with van der Waals surface area (Å²) in [6, 6.07) is 0. The van der Waals surface area contributed by atoms with Crippen LogP contribution in [0.1, 0.15) is 84.5 Å². The third-order valence-electron chi connectivity index (χ3n) is 4.16. The molecule has 0 amide bonds.